The highest BCUT2D eigenvalue weighted by atomic mass is 16.3. The number of rotatable bonds is 6. The van der Waals surface area contributed by atoms with Crippen molar-refractivity contribution >= 4 is 23.1 Å². The number of hydrogen-bond acceptors (Lipinski definition) is 4. The van der Waals surface area contributed by atoms with Gasteiger partial charge in [-0.05, 0) is 12.1 Å². The second-order valence-electron chi connectivity index (χ2n) is 4.15. The summed E-state index contributed by atoms with van der Waals surface area (Å²) in [6, 6.07) is 7.39. The van der Waals surface area contributed by atoms with Crippen molar-refractivity contribution in [1.29, 1.82) is 0 Å². The van der Waals surface area contributed by atoms with Crippen molar-refractivity contribution in [3.05, 3.63) is 48.9 Å². The van der Waals surface area contributed by atoms with Gasteiger partial charge in [0.25, 0.3) is 0 Å². The van der Waals surface area contributed by atoms with Crippen molar-refractivity contribution < 1.29 is 14.3 Å². The Hall–Kier alpha value is -2.40. The van der Waals surface area contributed by atoms with Crippen molar-refractivity contribution in [3.8, 4) is 0 Å². The first-order chi connectivity index (χ1) is 9.74. The van der Waals surface area contributed by atoms with E-state index in [0.717, 1.165) is 5.52 Å². The molecule has 2 rings (SSSR count). The number of benzene rings is 1. The number of aliphatic hydroxyl groups excluding tert-OH is 1. The van der Waals surface area contributed by atoms with Gasteiger partial charge in [-0.15, -0.1) is 6.58 Å². The van der Waals surface area contributed by atoms with E-state index >= 15 is 0 Å². The summed E-state index contributed by atoms with van der Waals surface area (Å²) in [5.74, 6) is 0.156. The molecular weight excluding hydrogens is 256 g/mol. The van der Waals surface area contributed by atoms with Crippen LogP contribution >= 0.6 is 0 Å². The normalized spacial score (nSPS) is 11.1. The van der Waals surface area contributed by atoms with Gasteiger partial charge in [-0.3, -0.25) is 4.79 Å². The van der Waals surface area contributed by atoms with Crippen molar-refractivity contribution in [2.75, 3.05) is 19.7 Å². The smallest absolute Gasteiger partial charge is 0.247 e. The van der Waals surface area contributed by atoms with Crippen LogP contribution in [-0.2, 0) is 4.79 Å². The quantitative estimate of drug-likeness (QED) is 0.643. The zero-order valence-corrected chi connectivity index (χ0v) is 11.0. The van der Waals surface area contributed by atoms with Crippen LogP contribution in [0.15, 0.2) is 47.4 Å². The molecule has 20 heavy (non-hydrogen) atoms. The number of oxazole rings is 1. The molecule has 1 heterocycles. The van der Waals surface area contributed by atoms with Crippen LogP contribution in [0.3, 0.4) is 0 Å². The molecule has 0 spiro atoms. The standard InChI is InChI=1S/C15H16N2O3/c1-2-9-17(10-11-18)15(19)8-7-14-16-12-5-3-4-6-13(12)20-14/h2-8,18H,1,9-11H2/b8-7+. The van der Waals surface area contributed by atoms with Crippen molar-refractivity contribution in [2.45, 2.75) is 0 Å². The fourth-order valence-electron chi connectivity index (χ4n) is 1.78. The van der Waals surface area contributed by atoms with Gasteiger partial charge in [0.15, 0.2) is 5.58 Å². The lowest BCUT2D eigenvalue weighted by Crippen LogP contribution is -2.32. The number of fused-ring (bicyclic) bond motifs is 1. The van der Waals surface area contributed by atoms with Gasteiger partial charge in [0, 0.05) is 25.2 Å². The third kappa shape index (κ3) is 3.33. The number of aliphatic hydroxyl groups is 1. The molecule has 0 saturated heterocycles. The van der Waals surface area contributed by atoms with E-state index in [1.165, 1.54) is 17.1 Å². The Bertz CT molecular complexity index is 598. The molecule has 0 aliphatic heterocycles. The second kappa shape index (κ2) is 6.68. The summed E-state index contributed by atoms with van der Waals surface area (Å²) in [5.41, 5.74) is 1.43. The van der Waals surface area contributed by atoms with Gasteiger partial charge in [-0.2, -0.15) is 0 Å². The lowest BCUT2D eigenvalue weighted by molar-refractivity contribution is -0.125. The SMILES string of the molecule is C=CCN(CCO)C(=O)/C=C/c1nc2ccccc2o1. The molecule has 0 aliphatic rings. The minimum atomic E-state index is -0.221. The molecule has 104 valence electrons. The first-order valence-corrected chi connectivity index (χ1v) is 6.29. The van der Waals surface area contributed by atoms with E-state index in [2.05, 4.69) is 11.6 Å². The summed E-state index contributed by atoms with van der Waals surface area (Å²) in [4.78, 5) is 17.6. The van der Waals surface area contributed by atoms with Crippen molar-refractivity contribution in [3.63, 3.8) is 0 Å². The molecule has 5 heteroatoms. The lowest BCUT2D eigenvalue weighted by atomic mass is 10.3. The summed E-state index contributed by atoms with van der Waals surface area (Å²) in [7, 11) is 0. The zero-order chi connectivity index (χ0) is 14.4. The maximum absolute atomic E-state index is 11.9. The molecular formula is C15H16N2O3. The summed E-state index contributed by atoms with van der Waals surface area (Å²) in [6.07, 6.45) is 4.51. The number of para-hydroxylation sites is 2. The molecule has 0 fully saturated rings. The van der Waals surface area contributed by atoms with Crippen molar-refractivity contribution in [1.82, 2.24) is 9.88 Å². The molecule has 0 aliphatic carbocycles. The third-order valence-electron chi connectivity index (χ3n) is 2.71. The van der Waals surface area contributed by atoms with Crippen LogP contribution in [0.25, 0.3) is 17.2 Å². The fraction of sp³-hybridized carbons (Fsp3) is 0.200. The van der Waals surface area contributed by atoms with Crippen LogP contribution in [0.5, 0.6) is 0 Å². The van der Waals surface area contributed by atoms with E-state index in [1.54, 1.807) is 6.08 Å². The maximum atomic E-state index is 11.9. The predicted molar refractivity (Wildman–Crippen MR) is 76.9 cm³/mol. The van der Waals surface area contributed by atoms with E-state index in [4.69, 9.17) is 9.52 Å². The number of nitrogens with zero attached hydrogens (tertiary/aromatic N) is 2. The third-order valence-corrected chi connectivity index (χ3v) is 2.71. The van der Waals surface area contributed by atoms with Crippen LogP contribution < -0.4 is 0 Å². The summed E-state index contributed by atoms with van der Waals surface area (Å²) in [6.45, 7) is 4.15. The molecule has 0 radical (unpaired) electrons. The number of aromatic nitrogens is 1. The molecule has 0 atom stereocenters. The Morgan fingerprint density at radius 2 is 2.25 bits per heavy atom. The zero-order valence-electron chi connectivity index (χ0n) is 11.0. The number of carbonyl (C=O) groups excluding carboxylic acids is 1. The van der Waals surface area contributed by atoms with E-state index in [-0.39, 0.29) is 19.1 Å². The Balaban J connectivity index is 2.10. The Morgan fingerprint density at radius 3 is 2.95 bits per heavy atom. The topological polar surface area (TPSA) is 66.6 Å². The predicted octanol–water partition coefficient (Wildman–Crippen LogP) is 1.85. The molecule has 1 aromatic carbocycles. The Kier molecular flexibility index (Phi) is 4.68. The highest BCUT2D eigenvalue weighted by Gasteiger charge is 2.08. The highest BCUT2D eigenvalue weighted by Crippen LogP contribution is 2.15. The Labute approximate surface area is 116 Å². The minimum absolute atomic E-state index is 0.0870. The monoisotopic (exact) mass is 272 g/mol. The van der Waals surface area contributed by atoms with E-state index in [1.807, 2.05) is 24.3 Å². The lowest BCUT2D eigenvalue weighted by Gasteiger charge is -2.17. The average molecular weight is 272 g/mol. The first kappa shape index (κ1) is 14.0. The molecule has 0 unspecified atom stereocenters. The van der Waals surface area contributed by atoms with E-state index < -0.39 is 0 Å². The average Bonchev–Trinajstić information content (AvgIpc) is 2.87. The van der Waals surface area contributed by atoms with Gasteiger partial charge in [-0.25, -0.2) is 4.98 Å². The van der Waals surface area contributed by atoms with Gasteiger partial charge >= 0.3 is 0 Å². The van der Waals surface area contributed by atoms with Crippen LogP contribution in [0.4, 0.5) is 0 Å². The molecule has 1 N–H and O–H groups in total. The molecule has 5 nitrogen and oxygen atoms in total. The van der Waals surface area contributed by atoms with Crippen LogP contribution in [0.1, 0.15) is 5.89 Å². The minimum Gasteiger partial charge on any atom is -0.437 e. The number of amides is 1. The summed E-state index contributed by atoms with van der Waals surface area (Å²) in [5, 5.41) is 8.91. The van der Waals surface area contributed by atoms with Crippen LogP contribution in [0, 0.1) is 0 Å². The van der Waals surface area contributed by atoms with E-state index in [0.29, 0.717) is 18.0 Å². The van der Waals surface area contributed by atoms with Gasteiger partial charge in [0.05, 0.1) is 6.61 Å². The van der Waals surface area contributed by atoms with Gasteiger partial charge in [-0.1, -0.05) is 18.2 Å². The highest BCUT2D eigenvalue weighted by molar-refractivity contribution is 5.91. The first-order valence-electron chi connectivity index (χ1n) is 6.29. The van der Waals surface area contributed by atoms with E-state index in [9.17, 15) is 4.79 Å². The van der Waals surface area contributed by atoms with Gasteiger partial charge < -0.3 is 14.4 Å². The van der Waals surface area contributed by atoms with Crippen LogP contribution in [0.2, 0.25) is 0 Å². The van der Waals surface area contributed by atoms with Crippen LogP contribution in [-0.4, -0.2) is 40.6 Å². The molecule has 0 bridgehead atoms. The fourth-order valence-corrected chi connectivity index (χ4v) is 1.78. The largest absolute Gasteiger partial charge is 0.437 e. The summed E-state index contributed by atoms with van der Waals surface area (Å²) >= 11 is 0. The second-order valence-corrected chi connectivity index (χ2v) is 4.15. The molecule has 2 aromatic rings. The molecule has 1 amide bonds. The molecule has 1 aromatic heterocycles. The molecule has 0 saturated carbocycles. The van der Waals surface area contributed by atoms with Gasteiger partial charge in [0.1, 0.15) is 5.52 Å². The number of carbonyl (C=O) groups is 1. The van der Waals surface area contributed by atoms with Crippen molar-refractivity contribution in [2.24, 2.45) is 0 Å². The number of hydrogen-bond donors (Lipinski definition) is 1. The van der Waals surface area contributed by atoms with Gasteiger partial charge in [0.2, 0.25) is 11.8 Å². The maximum Gasteiger partial charge on any atom is 0.247 e. The summed E-state index contributed by atoms with van der Waals surface area (Å²) < 4.78 is 5.48. The Morgan fingerprint density at radius 1 is 1.45 bits per heavy atom.